The van der Waals surface area contributed by atoms with Crippen molar-refractivity contribution in [3.63, 3.8) is 0 Å². The van der Waals surface area contributed by atoms with E-state index < -0.39 is 5.82 Å². The van der Waals surface area contributed by atoms with Gasteiger partial charge in [-0.3, -0.25) is 4.68 Å². The number of fused-ring (bicyclic) bond motifs is 1. The molecule has 2 N–H and O–H groups in total. The highest BCUT2D eigenvalue weighted by molar-refractivity contribution is 5.90. The lowest BCUT2D eigenvalue weighted by Crippen LogP contribution is -1.97. The summed E-state index contributed by atoms with van der Waals surface area (Å²) in [7, 11) is 0. The third-order valence-electron chi connectivity index (χ3n) is 1.98. The summed E-state index contributed by atoms with van der Waals surface area (Å²) in [5, 5.41) is 13.1. The number of benzene rings is 1. The monoisotopic (exact) mass is 190 g/mol. The number of anilines is 1. The normalized spacial score (nSPS) is 10.3. The van der Waals surface area contributed by atoms with Gasteiger partial charge in [0.2, 0.25) is 0 Å². The third kappa shape index (κ3) is 1.17. The third-order valence-corrected chi connectivity index (χ3v) is 1.98. The van der Waals surface area contributed by atoms with Crippen molar-refractivity contribution in [2.24, 2.45) is 0 Å². The van der Waals surface area contributed by atoms with Crippen LogP contribution in [0.2, 0.25) is 0 Å². The number of rotatable bonds is 1. The molecule has 0 unspecified atom stereocenters. The first-order valence-electron chi connectivity index (χ1n) is 4.00. The summed E-state index contributed by atoms with van der Waals surface area (Å²) in [6, 6.07) is 4.49. The van der Waals surface area contributed by atoms with E-state index in [0.717, 1.165) is 0 Å². The van der Waals surface area contributed by atoms with Gasteiger partial charge in [0.05, 0.1) is 17.8 Å². The van der Waals surface area contributed by atoms with Crippen LogP contribution in [0.1, 0.15) is 0 Å². The Balaban J connectivity index is 2.73. The second kappa shape index (κ2) is 3.00. The molecule has 0 bridgehead atoms. The van der Waals surface area contributed by atoms with Gasteiger partial charge >= 0.3 is 0 Å². The van der Waals surface area contributed by atoms with Crippen LogP contribution in [0.15, 0.2) is 18.3 Å². The Morgan fingerprint density at radius 2 is 2.36 bits per heavy atom. The van der Waals surface area contributed by atoms with Gasteiger partial charge < -0.3 is 5.73 Å². The summed E-state index contributed by atoms with van der Waals surface area (Å²) in [6.45, 7) is 0.0897. The van der Waals surface area contributed by atoms with Crippen LogP contribution < -0.4 is 5.73 Å². The molecule has 70 valence electrons. The largest absolute Gasteiger partial charge is 0.398 e. The Bertz CT molecular complexity index is 523. The fraction of sp³-hybridized carbons (Fsp3) is 0.111. The molecule has 0 radical (unpaired) electrons. The number of nitrogens with two attached hydrogens (primary N) is 1. The Morgan fingerprint density at radius 1 is 1.57 bits per heavy atom. The van der Waals surface area contributed by atoms with Crippen LogP contribution in [0.25, 0.3) is 10.9 Å². The van der Waals surface area contributed by atoms with Crippen molar-refractivity contribution in [1.29, 1.82) is 5.26 Å². The van der Waals surface area contributed by atoms with Gasteiger partial charge in [0.1, 0.15) is 12.4 Å². The zero-order valence-corrected chi connectivity index (χ0v) is 7.24. The van der Waals surface area contributed by atoms with Gasteiger partial charge in [0, 0.05) is 11.1 Å². The van der Waals surface area contributed by atoms with Crippen LogP contribution in [0.3, 0.4) is 0 Å². The Kier molecular flexibility index (Phi) is 1.82. The van der Waals surface area contributed by atoms with Gasteiger partial charge in [0.25, 0.3) is 0 Å². The zero-order valence-electron chi connectivity index (χ0n) is 7.24. The maximum atomic E-state index is 13.0. The number of nitrogens with zero attached hydrogens (tertiary/aromatic N) is 3. The van der Waals surface area contributed by atoms with Gasteiger partial charge in [-0.2, -0.15) is 10.4 Å². The number of nitriles is 1. The molecule has 0 amide bonds. The minimum atomic E-state index is -0.422. The summed E-state index contributed by atoms with van der Waals surface area (Å²) in [5.74, 6) is -0.422. The van der Waals surface area contributed by atoms with Crippen LogP contribution in [-0.4, -0.2) is 9.78 Å². The first kappa shape index (κ1) is 8.51. The highest BCUT2D eigenvalue weighted by atomic mass is 19.1. The molecule has 0 fully saturated rings. The molecule has 2 rings (SSSR count). The zero-order chi connectivity index (χ0) is 10.1. The van der Waals surface area contributed by atoms with Crippen molar-refractivity contribution in [1.82, 2.24) is 9.78 Å². The average Bonchev–Trinajstić information content (AvgIpc) is 2.49. The van der Waals surface area contributed by atoms with E-state index in [1.54, 1.807) is 0 Å². The number of aromatic nitrogens is 2. The van der Waals surface area contributed by atoms with E-state index in [4.69, 9.17) is 11.0 Å². The lowest BCUT2D eigenvalue weighted by molar-refractivity contribution is 0.628. The van der Waals surface area contributed by atoms with E-state index in [1.807, 2.05) is 6.07 Å². The molecular weight excluding hydrogens is 183 g/mol. The molecular formula is C9H7FN4. The smallest absolute Gasteiger partial charge is 0.128 e. The molecule has 0 saturated carbocycles. The molecule has 0 aliphatic heterocycles. The SMILES string of the molecule is N#CCn1ncc2c(N)cc(F)cc21. The van der Waals surface area contributed by atoms with Crippen LogP contribution in [0, 0.1) is 17.1 Å². The molecule has 0 atom stereocenters. The Labute approximate surface area is 79.3 Å². The summed E-state index contributed by atoms with van der Waals surface area (Å²) in [4.78, 5) is 0. The molecule has 1 aromatic heterocycles. The van der Waals surface area contributed by atoms with Crippen molar-refractivity contribution < 1.29 is 4.39 Å². The predicted octanol–water partition coefficient (Wildman–Crippen LogP) is 1.28. The first-order chi connectivity index (χ1) is 6.72. The van der Waals surface area contributed by atoms with E-state index in [2.05, 4.69) is 5.10 Å². The highest BCUT2D eigenvalue weighted by Crippen LogP contribution is 2.21. The van der Waals surface area contributed by atoms with Crippen molar-refractivity contribution in [3.05, 3.63) is 24.1 Å². The molecule has 2 aromatic rings. The number of nitrogen functional groups attached to an aromatic ring is 1. The van der Waals surface area contributed by atoms with Crippen LogP contribution in [0.5, 0.6) is 0 Å². The van der Waals surface area contributed by atoms with Crippen LogP contribution in [0.4, 0.5) is 10.1 Å². The lowest BCUT2D eigenvalue weighted by Gasteiger charge is -1.99. The van der Waals surface area contributed by atoms with Gasteiger partial charge in [-0.1, -0.05) is 0 Å². The second-order valence-corrected chi connectivity index (χ2v) is 2.89. The van der Waals surface area contributed by atoms with Crippen LogP contribution in [-0.2, 0) is 6.54 Å². The standard InChI is InChI=1S/C9H7FN4/c10-6-3-8(12)7-5-13-14(2-1-11)9(7)4-6/h3-5H,2,12H2. The maximum absolute atomic E-state index is 13.0. The highest BCUT2D eigenvalue weighted by Gasteiger charge is 2.06. The van der Waals surface area contributed by atoms with E-state index in [0.29, 0.717) is 16.6 Å². The van der Waals surface area contributed by atoms with Crippen LogP contribution >= 0.6 is 0 Å². The van der Waals surface area contributed by atoms with Gasteiger partial charge in [-0.15, -0.1) is 0 Å². The molecule has 14 heavy (non-hydrogen) atoms. The number of hydrogen-bond acceptors (Lipinski definition) is 3. The van der Waals surface area contributed by atoms with E-state index in [1.165, 1.54) is 23.0 Å². The van der Waals surface area contributed by atoms with Gasteiger partial charge in [-0.25, -0.2) is 4.39 Å². The minimum Gasteiger partial charge on any atom is -0.398 e. The van der Waals surface area contributed by atoms with E-state index in [-0.39, 0.29) is 6.54 Å². The fourth-order valence-electron chi connectivity index (χ4n) is 1.36. The topological polar surface area (TPSA) is 67.6 Å². The first-order valence-corrected chi connectivity index (χ1v) is 4.00. The van der Waals surface area contributed by atoms with Gasteiger partial charge in [0.15, 0.2) is 0 Å². The summed E-state index contributed by atoms with van der Waals surface area (Å²) < 4.78 is 14.4. The Morgan fingerprint density at radius 3 is 3.07 bits per heavy atom. The molecule has 4 nitrogen and oxygen atoms in total. The van der Waals surface area contributed by atoms with E-state index in [9.17, 15) is 4.39 Å². The molecule has 1 heterocycles. The lowest BCUT2D eigenvalue weighted by atomic mass is 10.2. The fourth-order valence-corrected chi connectivity index (χ4v) is 1.36. The molecule has 0 aliphatic carbocycles. The Hall–Kier alpha value is -2.09. The minimum absolute atomic E-state index is 0.0897. The predicted molar refractivity (Wildman–Crippen MR) is 49.7 cm³/mol. The molecule has 0 saturated heterocycles. The summed E-state index contributed by atoms with van der Waals surface area (Å²) >= 11 is 0. The number of halogens is 1. The summed E-state index contributed by atoms with van der Waals surface area (Å²) in [5.41, 5.74) is 6.47. The maximum Gasteiger partial charge on any atom is 0.128 e. The molecule has 5 heteroatoms. The molecule has 1 aromatic carbocycles. The molecule has 0 spiro atoms. The second-order valence-electron chi connectivity index (χ2n) is 2.89. The van der Waals surface area contributed by atoms with Crippen molar-refractivity contribution in [2.45, 2.75) is 6.54 Å². The summed E-state index contributed by atoms with van der Waals surface area (Å²) in [6.07, 6.45) is 1.53. The van der Waals surface area contributed by atoms with Crippen molar-refractivity contribution in [2.75, 3.05) is 5.73 Å². The quantitative estimate of drug-likeness (QED) is 0.689. The number of hydrogen-bond donors (Lipinski definition) is 1. The van der Waals surface area contributed by atoms with Crippen molar-refractivity contribution >= 4 is 16.6 Å². The van der Waals surface area contributed by atoms with Crippen molar-refractivity contribution in [3.8, 4) is 6.07 Å². The van der Waals surface area contributed by atoms with E-state index >= 15 is 0 Å². The van der Waals surface area contributed by atoms with Gasteiger partial charge in [-0.05, 0) is 12.1 Å². The molecule has 0 aliphatic rings. The average molecular weight is 190 g/mol.